The first-order chi connectivity index (χ1) is 4.35. The van der Waals surface area contributed by atoms with Gasteiger partial charge in [-0.2, -0.15) is 12.6 Å². The van der Waals surface area contributed by atoms with E-state index in [1.807, 2.05) is 23.9 Å². The fraction of sp³-hybridized carbons (Fsp3) is 0.600. The predicted octanol–water partition coefficient (Wildman–Crippen LogP) is 1.22. The second-order valence-electron chi connectivity index (χ2n) is 1.45. The summed E-state index contributed by atoms with van der Waals surface area (Å²) in [6, 6.07) is 0. The number of rotatable bonds is 4. The molecule has 0 rings (SSSR count). The van der Waals surface area contributed by atoms with Crippen molar-refractivity contribution in [1.82, 2.24) is 4.67 Å². The number of nitrogens with zero attached hydrogens (tertiary/aromatic N) is 1. The van der Waals surface area contributed by atoms with E-state index in [2.05, 4.69) is 12.6 Å². The number of nitrogens with two attached hydrogens (primary N) is 1. The van der Waals surface area contributed by atoms with Gasteiger partial charge in [0.25, 0.3) is 0 Å². The molecule has 0 spiro atoms. The highest BCUT2D eigenvalue weighted by Crippen LogP contribution is 2.17. The quantitative estimate of drug-likeness (QED) is 0.371. The van der Waals surface area contributed by atoms with Crippen molar-refractivity contribution in [3.05, 3.63) is 12.3 Å². The summed E-state index contributed by atoms with van der Waals surface area (Å²) in [5.41, 5.74) is 6.27. The van der Waals surface area contributed by atoms with Gasteiger partial charge in [-0.25, -0.2) is 0 Å². The molecule has 54 valence electrons. The third-order valence-corrected chi connectivity index (χ3v) is 2.10. The topological polar surface area (TPSA) is 29.3 Å². The predicted molar refractivity (Wildman–Crippen MR) is 47.9 cm³/mol. The molecule has 0 aromatic heterocycles. The second kappa shape index (κ2) is 6.40. The van der Waals surface area contributed by atoms with Gasteiger partial charge in [0, 0.05) is 5.49 Å². The first kappa shape index (κ1) is 9.28. The minimum atomic E-state index is 0.587. The van der Waals surface area contributed by atoms with Gasteiger partial charge < -0.3 is 10.4 Å². The first-order valence-corrected chi connectivity index (χ1v) is 4.57. The van der Waals surface area contributed by atoms with Crippen LogP contribution in [0, 0.1) is 0 Å². The zero-order valence-electron chi connectivity index (χ0n) is 5.54. The zero-order valence-corrected chi connectivity index (χ0v) is 7.44. The number of hydrogen-bond donors (Lipinski definition) is 2. The molecule has 0 radical (unpaired) electrons. The normalized spacial score (nSPS) is 11.9. The largest absolute Gasteiger partial charge is 0.346 e. The summed E-state index contributed by atoms with van der Waals surface area (Å²) in [5, 5.41) is 0. The van der Waals surface area contributed by atoms with E-state index in [-0.39, 0.29) is 0 Å². The summed E-state index contributed by atoms with van der Waals surface area (Å²) in [7, 11) is 0.699. The summed E-state index contributed by atoms with van der Waals surface area (Å²) < 4.78 is 2.03. The van der Waals surface area contributed by atoms with Crippen LogP contribution in [-0.2, 0) is 0 Å². The first-order valence-electron chi connectivity index (χ1n) is 2.79. The van der Waals surface area contributed by atoms with Gasteiger partial charge in [0.1, 0.15) is 0 Å². The molecule has 2 N–H and O–H groups in total. The van der Waals surface area contributed by atoms with Crippen LogP contribution in [0.3, 0.4) is 0 Å². The van der Waals surface area contributed by atoms with E-state index in [9.17, 15) is 0 Å². The molecule has 1 unspecified atom stereocenters. The highest BCUT2D eigenvalue weighted by atomic mass is 32.1. The third-order valence-electron chi connectivity index (χ3n) is 0.800. The van der Waals surface area contributed by atoms with Gasteiger partial charge in [-0.3, -0.25) is 0 Å². The standard InChI is InChI=1S/C5H13N2PS/c1-2-3-7(4-6)8-5-9/h2-3,8-9H,4-6H2,1H3. The van der Waals surface area contributed by atoms with Gasteiger partial charge >= 0.3 is 0 Å². The van der Waals surface area contributed by atoms with E-state index >= 15 is 0 Å². The van der Waals surface area contributed by atoms with E-state index in [1.54, 1.807) is 0 Å². The molecule has 4 heteroatoms. The fourth-order valence-electron chi connectivity index (χ4n) is 0.449. The molecule has 2 nitrogen and oxygen atoms in total. The minimum absolute atomic E-state index is 0.587. The molecule has 0 aromatic carbocycles. The van der Waals surface area contributed by atoms with Crippen molar-refractivity contribution in [2.24, 2.45) is 5.73 Å². The monoisotopic (exact) mass is 164 g/mol. The zero-order chi connectivity index (χ0) is 7.11. The van der Waals surface area contributed by atoms with Gasteiger partial charge in [0.2, 0.25) is 0 Å². The van der Waals surface area contributed by atoms with Crippen molar-refractivity contribution in [3.63, 3.8) is 0 Å². The second-order valence-corrected chi connectivity index (χ2v) is 3.61. The summed E-state index contributed by atoms with van der Waals surface area (Å²) >= 11 is 4.09. The highest BCUT2D eigenvalue weighted by molar-refractivity contribution is 7.86. The average Bonchev–Trinajstić information content (AvgIpc) is 1.88. The molecule has 0 fully saturated rings. The lowest BCUT2D eigenvalue weighted by Crippen LogP contribution is -2.16. The van der Waals surface area contributed by atoms with Crippen LogP contribution < -0.4 is 5.73 Å². The molecular weight excluding hydrogens is 151 g/mol. The Labute approximate surface area is 63.7 Å². The maximum atomic E-state index is 5.39. The lowest BCUT2D eigenvalue weighted by atomic mass is 10.7. The van der Waals surface area contributed by atoms with Crippen molar-refractivity contribution in [2.75, 3.05) is 12.2 Å². The van der Waals surface area contributed by atoms with Crippen LogP contribution in [0.5, 0.6) is 0 Å². The molecule has 0 aliphatic carbocycles. The molecule has 0 saturated heterocycles. The Hall–Kier alpha value is 0.280. The smallest absolute Gasteiger partial charge is 0.0685 e. The van der Waals surface area contributed by atoms with Gasteiger partial charge in [-0.15, -0.1) is 0 Å². The van der Waals surface area contributed by atoms with Crippen LogP contribution in [-0.4, -0.2) is 16.8 Å². The molecule has 0 saturated carbocycles. The van der Waals surface area contributed by atoms with E-state index in [4.69, 9.17) is 5.73 Å². The van der Waals surface area contributed by atoms with Crippen molar-refractivity contribution >= 4 is 21.4 Å². The van der Waals surface area contributed by atoms with Crippen LogP contribution in [0.1, 0.15) is 6.92 Å². The van der Waals surface area contributed by atoms with Crippen molar-refractivity contribution in [3.8, 4) is 0 Å². The van der Waals surface area contributed by atoms with Crippen LogP contribution in [0.4, 0.5) is 0 Å². The lowest BCUT2D eigenvalue weighted by molar-refractivity contribution is 0.630. The highest BCUT2D eigenvalue weighted by Gasteiger charge is 1.89. The van der Waals surface area contributed by atoms with Crippen LogP contribution in [0.2, 0.25) is 0 Å². The number of allylic oxidation sites excluding steroid dienone is 1. The molecule has 0 amide bonds. The van der Waals surface area contributed by atoms with Crippen molar-refractivity contribution in [1.29, 1.82) is 0 Å². The van der Waals surface area contributed by atoms with Gasteiger partial charge in [-0.05, 0) is 21.9 Å². The molecule has 1 atom stereocenters. The van der Waals surface area contributed by atoms with Crippen LogP contribution in [0.25, 0.3) is 0 Å². The van der Waals surface area contributed by atoms with Gasteiger partial charge in [-0.1, -0.05) is 6.08 Å². The Morgan fingerprint density at radius 3 is 2.78 bits per heavy atom. The molecular formula is C5H13N2PS. The Morgan fingerprint density at radius 1 is 1.78 bits per heavy atom. The maximum Gasteiger partial charge on any atom is 0.0685 e. The Bertz CT molecular complexity index is 87.0. The molecule has 0 heterocycles. The molecule has 0 aliphatic rings. The maximum absolute atomic E-state index is 5.39. The Kier molecular flexibility index (Phi) is 6.60. The van der Waals surface area contributed by atoms with E-state index in [0.29, 0.717) is 15.4 Å². The van der Waals surface area contributed by atoms with E-state index in [0.717, 1.165) is 5.49 Å². The van der Waals surface area contributed by atoms with Crippen molar-refractivity contribution in [2.45, 2.75) is 6.92 Å². The molecule has 0 bridgehead atoms. The summed E-state index contributed by atoms with van der Waals surface area (Å²) in [5.74, 6) is 0. The van der Waals surface area contributed by atoms with E-state index in [1.165, 1.54) is 0 Å². The molecule has 0 aliphatic heterocycles. The van der Waals surface area contributed by atoms with Crippen molar-refractivity contribution < 1.29 is 0 Å². The number of hydrogen-bond acceptors (Lipinski definition) is 3. The average molecular weight is 164 g/mol. The van der Waals surface area contributed by atoms with Gasteiger partial charge in [0.05, 0.1) is 6.67 Å². The summed E-state index contributed by atoms with van der Waals surface area (Å²) in [6.07, 6.45) is 3.96. The SMILES string of the molecule is CC=CN(CN)PCS. The van der Waals surface area contributed by atoms with Gasteiger partial charge in [0.15, 0.2) is 0 Å². The van der Waals surface area contributed by atoms with Crippen LogP contribution >= 0.6 is 21.4 Å². The van der Waals surface area contributed by atoms with Crippen LogP contribution in [0.15, 0.2) is 12.3 Å². The molecule has 0 aromatic rings. The third kappa shape index (κ3) is 4.76. The fourth-order valence-corrected chi connectivity index (χ4v) is 1.56. The summed E-state index contributed by atoms with van der Waals surface area (Å²) in [6.45, 7) is 2.56. The Balaban J connectivity index is 3.41. The summed E-state index contributed by atoms with van der Waals surface area (Å²) in [4.78, 5) is 0. The number of thiol groups is 1. The van der Waals surface area contributed by atoms with E-state index < -0.39 is 0 Å². The lowest BCUT2D eigenvalue weighted by Gasteiger charge is -2.14. The molecule has 9 heavy (non-hydrogen) atoms. The Morgan fingerprint density at radius 2 is 2.44 bits per heavy atom. The minimum Gasteiger partial charge on any atom is -0.346 e.